The highest BCUT2D eigenvalue weighted by atomic mass is 16.5. The maximum Gasteiger partial charge on any atom is 0.308 e. The topological polar surface area (TPSA) is 102 Å². The molecule has 0 aliphatic heterocycles. The molecule has 1 aromatic heterocycles. The number of nitrogens with zero attached hydrogens (tertiary/aromatic N) is 1. The summed E-state index contributed by atoms with van der Waals surface area (Å²) in [6.45, 7) is 1.67. The van der Waals surface area contributed by atoms with Gasteiger partial charge in [0.25, 0.3) is 5.56 Å². The van der Waals surface area contributed by atoms with Crippen LogP contribution in [0.1, 0.15) is 17.1 Å². The zero-order valence-corrected chi connectivity index (χ0v) is 12.3. The second kappa shape index (κ2) is 6.75. The number of benzene rings is 1. The molecule has 2 rings (SSSR count). The van der Waals surface area contributed by atoms with Crippen molar-refractivity contribution in [3.05, 3.63) is 51.7 Å². The molecule has 0 fully saturated rings. The van der Waals surface area contributed by atoms with E-state index in [2.05, 4.69) is 9.97 Å². The van der Waals surface area contributed by atoms with Crippen molar-refractivity contribution in [2.45, 2.75) is 20.0 Å². The number of H-pyrrole nitrogens is 1. The van der Waals surface area contributed by atoms with Crippen molar-refractivity contribution < 1.29 is 19.4 Å². The molecule has 22 heavy (non-hydrogen) atoms. The Morgan fingerprint density at radius 3 is 2.73 bits per heavy atom. The smallest absolute Gasteiger partial charge is 0.308 e. The summed E-state index contributed by atoms with van der Waals surface area (Å²) in [6, 6.07) is 7.04. The fraction of sp³-hybridized carbons (Fsp3) is 0.267. The molecule has 0 aliphatic rings. The van der Waals surface area contributed by atoms with E-state index in [0.29, 0.717) is 23.0 Å². The molecule has 1 aromatic carbocycles. The predicted octanol–water partition coefficient (Wildman–Crippen LogP) is 1.29. The highest BCUT2D eigenvalue weighted by molar-refractivity contribution is 5.70. The first kappa shape index (κ1) is 15.6. The molecule has 1 heterocycles. The number of aromatic amines is 1. The minimum Gasteiger partial charge on any atom is -0.497 e. The van der Waals surface area contributed by atoms with Gasteiger partial charge in [-0.2, -0.15) is 0 Å². The highest BCUT2D eigenvalue weighted by Gasteiger charge is 2.12. The molecule has 0 atom stereocenters. The van der Waals surface area contributed by atoms with E-state index in [1.807, 2.05) is 0 Å². The molecule has 0 aliphatic carbocycles. The van der Waals surface area contributed by atoms with Gasteiger partial charge in [0, 0.05) is 17.3 Å². The van der Waals surface area contributed by atoms with E-state index in [1.54, 1.807) is 38.3 Å². The van der Waals surface area contributed by atoms with Crippen molar-refractivity contribution in [2.75, 3.05) is 7.11 Å². The third-order valence-corrected chi connectivity index (χ3v) is 3.02. The summed E-state index contributed by atoms with van der Waals surface area (Å²) in [6.07, 6.45) is -0.356. The van der Waals surface area contributed by atoms with E-state index in [0.717, 1.165) is 0 Å². The van der Waals surface area contributed by atoms with Gasteiger partial charge in [-0.25, -0.2) is 4.98 Å². The lowest BCUT2D eigenvalue weighted by Crippen LogP contribution is -2.22. The van der Waals surface area contributed by atoms with Gasteiger partial charge in [0.15, 0.2) is 0 Å². The molecule has 0 spiro atoms. The second-order valence-corrected chi connectivity index (χ2v) is 4.61. The largest absolute Gasteiger partial charge is 0.497 e. The number of carboxylic acids is 1. The van der Waals surface area contributed by atoms with Crippen LogP contribution in [-0.4, -0.2) is 28.2 Å². The number of carboxylic acid groups (broad SMARTS) is 1. The molecule has 0 amide bonds. The summed E-state index contributed by atoms with van der Waals surface area (Å²) < 4.78 is 10.6. The summed E-state index contributed by atoms with van der Waals surface area (Å²) in [4.78, 5) is 29.3. The Bertz CT molecular complexity index is 739. The van der Waals surface area contributed by atoms with Crippen molar-refractivity contribution in [1.82, 2.24) is 9.97 Å². The third-order valence-electron chi connectivity index (χ3n) is 3.02. The first-order valence-electron chi connectivity index (χ1n) is 6.57. The van der Waals surface area contributed by atoms with Crippen LogP contribution in [-0.2, 0) is 17.8 Å². The molecule has 0 bridgehead atoms. The fourth-order valence-corrected chi connectivity index (χ4v) is 1.94. The lowest BCUT2D eigenvalue weighted by molar-refractivity contribution is -0.136. The molecular formula is C15H16N2O5. The van der Waals surface area contributed by atoms with Gasteiger partial charge in [-0.15, -0.1) is 0 Å². The van der Waals surface area contributed by atoms with Crippen LogP contribution in [0.25, 0.3) is 0 Å². The second-order valence-electron chi connectivity index (χ2n) is 4.61. The van der Waals surface area contributed by atoms with Gasteiger partial charge in [-0.3, -0.25) is 9.59 Å². The minimum atomic E-state index is -1.07. The normalized spacial score (nSPS) is 10.3. The molecule has 0 saturated carbocycles. The van der Waals surface area contributed by atoms with Gasteiger partial charge in [0.1, 0.15) is 23.9 Å². The molecule has 2 N–H and O–H groups in total. The van der Waals surface area contributed by atoms with E-state index >= 15 is 0 Å². The Morgan fingerprint density at radius 1 is 1.36 bits per heavy atom. The Labute approximate surface area is 126 Å². The molecule has 7 heteroatoms. The standard InChI is InChI=1S/C15H16N2O5/c1-9-12(7-14(18)19)15(20)17-13(16-9)8-22-11-5-3-4-10(6-11)21-2/h3-6H,7-8H2,1-2H3,(H,18,19)(H,16,17,20). The molecular weight excluding hydrogens is 288 g/mol. The first-order valence-corrected chi connectivity index (χ1v) is 6.57. The van der Waals surface area contributed by atoms with Crippen LogP contribution in [0.15, 0.2) is 29.1 Å². The maximum absolute atomic E-state index is 11.9. The number of carbonyl (C=O) groups is 1. The SMILES string of the molecule is COc1cccc(OCc2nc(C)c(CC(=O)O)c(=O)[nH]2)c1. The van der Waals surface area contributed by atoms with Crippen LogP contribution in [0.5, 0.6) is 11.5 Å². The summed E-state index contributed by atoms with van der Waals surface area (Å²) in [5.74, 6) is 0.497. The summed E-state index contributed by atoms with van der Waals surface area (Å²) >= 11 is 0. The van der Waals surface area contributed by atoms with Crippen LogP contribution in [0.4, 0.5) is 0 Å². The molecule has 0 unspecified atom stereocenters. The Morgan fingerprint density at radius 2 is 2.09 bits per heavy atom. The van der Waals surface area contributed by atoms with E-state index in [-0.39, 0.29) is 18.6 Å². The fourth-order valence-electron chi connectivity index (χ4n) is 1.94. The predicted molar refractivity (Wildman–Crippen MR) is 78.3 cm³/mol. The number of aromatic nitrogens is 2. The van der Waals surface area contributed by atoms with Gasteiger partial charge in [0.2, 0.25) is 0 Å². The lowest BCUT2D eigenvalue weighted by Gasteiger charge is -2.09. The maximum atomic E-state index is 11.9. The number of rotatable bonds is 6. The average molecular weight is 304 g/mol. The van der Waals surface area contributed by atoms with Crippen LogP contribution in [0.3, 0.4) is 0 Å². The third kappa shape index (κ3) is 3.85. The highest BCUT2D eigenvalue weighted by Crippen LogP contribution is 2.19. The summed E-state index contributed by atoms with van der Waals surface area (Å²) in [5.41, 5.74) is 0.0761. The van der Waals surface area contributed by atoms with Gasteiger partial charge < -0.3 is 19.6 Å². The number of ether oxygens (including phenoxy) is 2. The van der Waals surface area contributed by atoms with Crippen molar-refractivity contribution in [3.8, 4) is 11.5 Å². The molecule has 0 saturated heterocycles. The number of hydrogen-bond acceptors (Lipinski definition) is 5. The van der Waals surface area contributed by atoms with Gasteiger partial charge in [-0.1, -0.05) is 6.07 Å². The molecule has 2 aromatic rings. The van der Waals surface area contributed by atoms with Crippen LogP contribution in [0.2, 0.25) is 0 Å². The summed E-state index contributed by atoms with van der Waals surface area (Å²) in [7, 11) is 1.56. The number of methoxy groups -OCH3 is 1. The number of aliphatic carboxylic acids is 1. The molecule has 116 valence electrons. The number of aryl methyl sites for hydroxylation is 1. The molecule has 7 nitrogen and oxygen atoms in total. The lowest BCUT2D eigenvalue weighted by atomic mass is 10.2. The van der Waals surface area contributed by atoms with Crippen molar-refractivity contribution in [1.29, 1.82) is 0 Å². The van der Waals surface area contributed by atoms with Gasteiger partial charge >= 0.3 is 5.97 Å². The van der Waals surface area contributed by atoms with Crippen molar-refractivity contribution >= 4 is 5.97 Å². The Kier molecular flexibility index (Phi) is 4.77. The number of hydrogen-bond donors (Lipinski definition) is 2. The first-order chi connectivity index (χ1) is 10.5. The van der Waals surface area contributed by atoms with E-state index in [1.165, 1.54) is 0 Å². The van der Waals surface area contributed by atoms with Crippen LogP contribution < -0.4 is 15.0 Å². The Balaban J connectivity index is 2.13. The zero-order valence-electron chi connectivity index (χ0n) is 12.3. The number of nitrogens with one attached hydrogen (secondary N) is 1. The average Bonchev–Trinajstić information content (AvgIpc) is 2.49. The van der Waals surface area contributed by atoms with Gasteiger partial charge in [-0.05, 0) is 19.1 Å². The van der Waals surface area contributed by atoms with E-state index < -0.39 is 11.5 Å². The van der Waals surface area contributed by atoms with Gasteiger partial charge in [0.05, 0.1) is 13.5 Å². The quantitative estimate of drug-likeness (QED) is 0.834. The monoisotopic (exact) mass is 304 g/mol. The van der Waals surface area contributed by atoms with E-state index in [4.69, 9.17) is 14.6 Å². The minimum absolute atomic E-state index is 0.0661. The van der Waals surface area contributed by atoms with Crippen LogP contribution >= 0.6 is 0 Å². The van der Waals surface area contributed by atoms with E-state index in [9.17, 15) is 9.59 Å². The van der Waals surface area contributed by atoms with Crippen molar-refractivity contribution in [3.63, 3.8) is 0 Å². The summed E-state index contributed by atoms with van der Waals surface area (Å²) in [5, 5.41) is 8.77. The van der Waals surface area contributed by atoms with Crippen molar-refractivity contribution in [2.24, 2.45) is 0 Å². The zero-order chi connectivity index (χ0) is 16.1. The molecule has 0 radical (unpaired) electrons. The Hall–Kier alpha value is -2.83. The van der Waals surface area contributed by atoms with Crippen LogP contribution in [0, 0.1) is 6.92 Å².